The highest BCUT2D eigenvalue weighted by molar-refractivity contribution is 6.76. The number of amides is 1. The Morgan fingerprint density at radius 3 is 2.72 bits per heavy atom. The van der Waals surface area contributed by atoms with Crippen molar-refractivity contribution in [3.05, 3.63) is 81.4 Å². The fourth-order valence-corrected chi connectivity index (χ4v) is 5.67. The summed E-state index contributed by atoms with van der Waals surface area (Å²) in [6, 6.07) is 14.6. The van der Waals surface area contributed by atoms with E-state index < -0.39 is 13.8 Å². The minimum absolute atomic E-state index is 0.0230. The summed E-state index contributed by atoms with van der Waals surface area (Å²) in [5.41, 5.74) is 5.31. The molecular weight excluding hydrogens is 472 g/mol. The van der Waals surface area contributed by atoms with E-state index in [1.165, 1.54) is 10.1 Å². The summed E-state index contributed by atoms with van der Waals surface area (Å²) in [5, 5.41) is 0. The van der Waals surface area contributed by atoms with Gasteiger partial charge in [-0.3, -0.25) is 4.79 Å². The normalized spacial score (nSPS) is 18.1. The lowest BCUT2D eigenvalue weighted by Crippen LogP contribution is -2.28. The lowest BCUT2D eigenvalue weighted by Gasteiger charge is -2.27. The predicted octanol–water partition coefficient (Wildman–Crippen LogP) is 5.34. The molecule has 0 saturated carbocycles. The number of rotatable bonds is 9. The van der Waals surface area contributed by atoms with Crippen molar-refractivity contribution in [3.63, 3.8) is 0 Å². The van der Waals surface area contributed by atoms with Crippen molar-refractivity contribution in [3.8, 4) is 0 Å². The second kappa shape index (κ2) is 10.2. The maximum Gasteiger partial charge on any atom is 0.421 e. The second-order valence-corrected chi connectivity index (χ2v) is 16.5. The van der Waals surface area contributed by atoms with E-state index in [9.17, 15) is 9.59 Å². The van der Waals surface area contributed by atoms with Crippen LogP contribution in [-0.2, 0) is 22.7 Å². The summed E-state index contributed by atoms with van der Waals surface area (Å²) in [5.74, 6) is -0.387. The van der Waals surface area contributed by atoms with Gasteiger partial charge in [0.05, 0.1) is 24.8 Å². The van der Waals surface area contributed by atoms with E-state index in [1.807, 2.05) is 41.3 Å². The summed E-state index contributed by atoms with van der Waals surface area (Å²) in [6.07, 6.45) is 3.84. The summed E-state index contributed by atoms with van der Waals surface area (Å²) >= 11 is 0. The van der Waals surface area contributed by atoms with Crippen molar-refractivity contribution in [2.45, 2.75) is 57.8 Å². The van der Waals surface area contributed by atoms with Crippen LogP contribution >= 0.6 is 0 Å². The number of oxazole rings is 1. The zero-order chi connectivity index (χ0) is 25.3. The number of ether oxygens (including phenoxy) is 2. The van der Waals surface area contributed by atoms with E-state index in [1.54, 1.807) is 0 Å². The molecule has 1 unspecified atom stereocenters. The molecule has 0 saturated heterocycles. The minimum Gasteiger partial charge on any atom is -0.408 e. The van der Waals surface area contributed by atoms with E-state index in [4.69, 9.17) is 13.9 Å². The number of benzene rings is 2. The van der Waals surface area contributed by atoms with E-state index in [0.717, 1.165) is 42.2 Å². The van der Waals surface area contributed by atoms with Gasteiger partial charge in [-0.2, -0.15) is 0 Å². The SMILES string of the molecule is C[Si](C)(C)CCOCn1c(=O)oc2cc(CN3C(=O)c4ccccc4C3CC3=CCOCC3)ccc21. The van der Waals surface area contributed by atoms with E-state index in [-0.39, 0.29) is 18.7 Å². The second-order valence-electron chi connectivity index (χ2n) is 10.9. The molecule has 190 valence electrons. The summed E-state index contributed by atoms with van der Waals surface area (Å²) in [7, 11) is -1.20. The van der Waals surface area contributed by atoms with Gasteiger partial charge in [0.15, 0.2) is 5.58 Å². The minimum atomic E-state index is -1.20. The molecule has 0 N–H and O–H groups in total. The molecule has 2 aliphatic rings. The van der Waals surface area contributed by atoms with Crippen LogP contribution in [0.15, 0.2) is 63.3 Å². The largest absolute Gasteiger partial charge is 0.421 e. The number of nitrogens with zero attached hydrogens (tertiary/aromatic N) is 2. The maximum atomic E-state index is 13.4. The van der Waals surface area contributed by atoms with Crippen LogP contribution in [0.1, 0.15) is 40.4 Å². The van der Waals surface area contributed by atoms with Gasteiger partial charge in [-0.25, -0.2) is 9.36 Å². The van der Waals surface area contributed by atoms with Crippen LogP contribution in [0.5, 0.6) is 0 Å². The highest BCUT2D eigenvalue weighted by atomic mass is 28.3. The molecule has 0 spiro atoms. The number of hydrogen-bond donors (Lipinski definition) is 0. The quantitative estimate of drug-likeness (QED) is 0.222. The van der Waals surface area contributed by atoms with Crippen molar-refractivity contribution in [2.75, 3.05) is 19.8 Å². The topological polar surface area (TPSA) is 73.9 Å². The first kappa shape index (κ1) is 24.7. The Bertz CT molecular complexity index is 1350. The highest BCUT2D eigenvalue weighted by Crippen LogP contribution is 2.39. The van der Waals surface area contributed by atoms with Gasteiger partial charge in [0, 0.05) is 26.8 Å². The molecule has 0 aliphatic carbocycles. The molecule has 36 heavy (non-hydrogen) atoms. The van der Waals surface area contributed by atoms with Gasteiger partial charge in [0.2, 0.25) is 0 Å². The first-order chi connectivity index (χ1) is 17.3. The molecule has 0 bridgehead atoms. The predicted molar refractivity (Wildman–Crippen MR) is 142 cm³/mol. The fourth-order valence-electron chi connectivity index (χ4n) is 4.91. The Hall–Kier alpha value is -2.94. The molecule has 0 fully saturated rings. The first-order valence-electron chi connectivity index (χ1n) is 12.7. The van der Waals surface area contributed by atoms with Crippen molar-refractivity contribution in [1.82, 2.24) is 9.47 Å². The molecule has 1 atom stereocenters. The average Bonchev–Trinajstić information content (AvgIpc) is 3.30. The summed E-state index contributed by atoms with van der Waals surface area (Å²) in [6.45, 7) is 9.50. The third-order valence-corrected chi connectivity index (χ3v) is 8.71. The lowest BCUT2D eigenvalue weighted by atomic mass is 9.96. The zero-order valence-electron chi connectivity index (χ0n) is 21.3. The van der Waals surface area contributed by atoms with Crippen LogP contribution in [0.3, 0.4) is 0 Å². The monoisotopic (exact) mass is 506 g/mol. The van der Waals surface area contributed by atoms with Crippen LogP contribution in [0.25, 0.3) is 11.1 Å². The van der Waals surface area contributed by atoms with Crippen molar-refractivity contribution >= 4 is 25.1 Å². The Balaban J connectivity index is 1.36. The van der Waals surface area contributed by atoms with Crippen LogP contribution < -0.4 is 5.76 Å². The van der Waals surface area contributed by atoms with E-state index in [2.05, 4.69) is 31.8 Å². The molecule has 8 heteroatoms. The van der Waals surface area contributed by atoms with Crippen LogP contribution in [0, 0.1) is 0 Å². The summed E-state index contributed by atoms with van der Waals surface area (Å²) < 4.78 is 18.3. The Labute approximate surface area is 212 Å². The molecule has 2 aliphatic heterocycles. The van der Waals surface area contributed by atoms with Gasteiger partial charge in [-0.15, -0.1) is 0 Å². The highest BCUT2D eigenvalue weighted by Gasteiger charge is 2.36. The number of aromatic nitrogens is 1. The standard InChI is InChI=1S/C28H34N2O5Si/c1-36(2,3)15-14-34-19-30-24-9-8-21(17-26(24)35-28(30)32)18-29-25(16-20-10-12-33-13-11-20)22-6-4-5-7-23(22)27(29)31/h4-10,17,25H,11-16,18-19H2,1-3H3. The molecule has 7 nitrogen and oxygen atoms in total. The molecule has 1 aromatic heterocycles. The van der Waals surface area contributed by atoms with Gasteiger partial charge < -0.3 is 18.8 Å². The van der Waals surface area contributed by atoms with Gasteiger partial charge in [-0.05, 0) is 48.2 Å². The Morgan fingerprint density at radius 1 is 1.11 bits per heavy atom. The van der Waals surface area contributed by atoms with Gasteiger partial charge in [0.25, 0.3) is 5.91 Å². The number of hydrogen-bond acceptors (Lipinski definition) is 5. The van der Waals surface area contributed by atoms with Gasteiger partial charge in [-0.1, -0.05) is 55.6 Å². The van der Waals surface area contributed by atoms with E-state index in [0.29, 0.717) is 30.9 Å². The Morgan fingerprint density at radius 2 is 1.94 bits per heavy atom. The molecule has 0 radical (unpaired) electrons. The molecule has 3 aromatic rings. The number of fused-ring (bicyclic) bond motifs is 2. The molecular formula is C28H34N2O5Si. The van der Waals surface area contributed by atoms with Gasteiger partial charge >= 0.3 is 5.76 Å². The zero-order valence-corrected chi connectivity index (χ0v) is 22.3. The van der Waals surface area contributed by atoms with Crippen LogP contribution in [0.2, 0.25) is 25.7 Å². The fraction of sp³-hybridized carbons (Fsp3) is 0.429. The number of carbonyl (C=O) groups excluding carboxylic acids is 1. The smallest absolute Gasteiger partial charge is 0.408 e. The third kappa shape index (κ3) is 5.26. The van der Waals surface area contributed by atoms with Crippen LogP contribution in [-0.4, -0.2) is 43.3 Å². The average molecular weight is 507 g/mol. The number of carbonyl (C=O) groups is 1. The molecule has 1 amide bonds. The molecule has 5 rings (SSSR count). The Kier molecular flexibility index (Phi) is 7.01. The van der Waals surface area contributed by atoms with Crippen molar-refractivity contribution in [2.24, 2.45) is 0 Å². The maximum absolute atomic E-state index is 13.4. The van der Waals surface area contributed by atoms with Crippen molar-refractivity contribution < 1.29 is 18.7 Å². The first-order valence-corrected chi connectivity index (χ1v) is 16.4. The van der Waals surface area contributed by atoms with Crippen molar-refractivity contribution in [1.29, 1.82) is 0 Å². The third-order valence-electron chi connectivity index (χ3n) is 7.00. The lowest BCUT2D eigenvalue weighted by molar-refractivity contribution is 0.0705. The van der Waals surface area contributed by atoms with Gasteiger partial charge in [0.1, 0.15) is 6.73 Å². The summed E-state index contributed by atoms with van der Waals surface area (Å²) in [4.78, 5) is 27.8. The van der Waals surface area contributed by atoms with E-state index >= 15 is 0 Å². The molecule has 3 heterocycles. The van der Waals surface area contributed by atoms with Crippen LogP contribution in [0.4, 0.5) is 0 Å². The molecule has 2 aromatic carbocycles.